The first-order valence-electron chi connectivity index (χ1n) is 14.4. The maximum atomic E-state index is 15.3. The minimum absolute atomic E-state index is 0.0672. The molecular weight excluding hydrogens is 578 g/mol. The molecule has 9 nitrogen and oxygen atoms in total. The summed E-state index contributed by atoms with van der Waals surface area (Å²) in [5, 5.41) is 6.52. The Bertz CT molecular complexity index is 1740. The van der Waals surface area contributed by atoms with E-state index < -0.39 is 27.5 Å². The maximum absolute atomic E-state index is 15.3. The summed E-state index contributed by atoms with van der Waals surface area (Å²) in [4.78, 5) is 28.3. The lowest BCUT2D eigenvalue weighted by Gasteiger charge is -2.39. The average Bonchev–Trinajstić information content (AvgIpc) is 3.26. The number of fused-ring (bicyclic) bond motifs is 2. The molecule has 0 spiro atoms. The van der Waals surface area contributed by atoms with Crippen molar-refractivity contribution in [3.63, 3.8) is 0 Å². The first-order valence-corrected chi connectivity index (χ1v) is 16.5. The molecule has 1 aliphatic carbocycles. The van der Waals surface area contributed by atoms with Gasteiger partial charge in [0.05, 0.1) is 28.7 Å². The van der Waals surface area contributed by atoms with Gasteiger partial charge in [0.1, 0.15) is 11.6 Å². The Hall–Kier alpha value is -3.77. The van der Waals surface area contributed by atoms with Gasteiger partial charge in [-0.2, -0.15) is 0 Å². The molecule has 1 saturated heterocycles. The molecule has 2 N–H and O–H groups in total. The number of aromatic nitrogens is 1. The van der Waals surface area contributed by atoms with E-state index in [2.05, 4.69) is 10.6 Å². The fourth-order valence-corrected chi connectivity index (χ4v) is 7.38. The number of nitrogens with one attached hydrogen (secondary N) is 2. The van der Waals surface area contributed by atoms with Crippen LogP contribution in [0.4, 0.5) is 14.5 Å². The average molecular weight is 613 g/mol. The van der Waals surface area contributed by atoms with Crippen LogP contribution in [-0.2, 0) is 26.4 Å². The fraction of sp³-hybridized carbons (Fsp3) is 0.419. The highest BCUT2D eigenvalue weighted by Crippen LogP contribution is 2.47. The number of carbonyl (C=O) groups excluding carboxylic acids is 1. The van der Waals surface area contributed by atoms with Gasteiger partial charge in [0.25, 0.3) is 5.56 Å². The molecule has 228 valence electrons. The standard InChI is InChI=1S/C31H34F2N4O5S/c1-36-10-7-23-20(17-43(2,40)41)13-19-16-37(25-5-4-21(32)14-24(25)33)30-18(15-34-29(27(19)30)28(23)31(36)39)3-6-26(38)35-22-8-11-42-12-9-22/h4-5,7,10,13-14,16,18,22,30,34H,3,6,8-9,11-12,15,17H2,1-2H3,(H,35,38). The Kier molecular flexibility index (Phi) is 7.76. The van der Waals surface area contributed by atoms with Crippen molar-refractivity contribution in [1.29, 1.82) is 0 Å². The molecule has 2 aromatic rings. The molecule has 2 unspecified atom stereocenters. The topological polar surface area (TPSA) is 110 Å². The number of sulfone groups is 1. The van der Waals surface area contributed by atoms with Crippen LogP contribution in [0, 0.1) is 17.6 Å². The van der Waals surface area contributed by atoms with Crippen molar-refractivity contribution < 1.29 is 26.7 Å². The van der Waals surface area contributed by atoms with E-state index >= 15 is 4.39 Å². The van der Waals surface area contributed by atoms with Crippen molar-refractivity contribution in [2.75, 3.05) is 36.7 Å². The van der Waals surface area contributed by atoms with Crippen molar-refractivity contribution in [1.82, 2.24) is 15.2 Å². The number of nitrogens with zero attached hydrogens (tertiary/aromatic N) is 2. The molecule has 1 fully saturated rings. The molecule has 3 aliphatic heterocycles. The van der Waals surface area contributed by atoms with Crippen molar-refractivity contribution >= 4 is 32.7 Å². The molecule has 4 heterocycles. The molecule has 0 radical (unpaired) electrons. The van der Waals surface area contributed by atoms with Crippen LogP contribution in [-0.4, -0.2) is 62.7 Å². The normalized spacial score (nSPS) is 21.8. The third-order valence-electron chi connectivity index (χ3n) is 8.57. The molecule has 1 amide bonds. The number of anilines is 1. The zero-order valence-electron chi connectivity index (χ0n) is 24.0. The van der Waals surface area contributed by atoms with E-state index in [4.69, 9.17) is 4.74 Å². The molecule has 0 saturated carbocycles. The largest absolute Gasteiger partial charge is 0.384 e. The van der Waals surface area contributed by atoms with Crippen molar-refractivity contribution in [3.8, 4) is 0 Å². The number of rotatable bonds is 7. The monoisotopic (exact) mass is 612 g/mol. The van der Waals surface area contributed by atoms with Gasteiger partial charge in [-0.3, -0.25) is 9.59 Å². The molecule has 4 aliphatic rings. The number of ether oxygens (including phenoxy) is 1. The summed E-state index contributed by atoms with van der Waals surface area (Å²) in [5.74, 6) is -2.02. The smallest absolute Gasteiger partial charge is 0.260 e. The lowest BCUT2D eigenvalue weighted by Crippen LogP contribution is -2.46. The maximum Gasteiger partial charge on any atom is 0.260 e. The second-order valence-electron chi connectivity index (χ2n) is 11.7. The molecule has 1 aromatic carbocycles. The molecule has 2 atom stereocenters. The number of hydrogen-bond acceptors (Lipinski definition) is 7. The zero-order valence-corrected chi connectivity index (χ0v) is 24.8. The van der Waals surface area contributed by atoms with Gasteiger partial charge in [0, 0.05) is 75.5 Å². The minimum Gasteiger partial charge on any atom is -0.384 e. The van der Waals surface area contributed by atoms with E-state index in [-0.39, 0.29) is 41.3 Å². The minimum atomic E-state index is -3.49. The van der Waals surface area contributed by atoms with E-state index in [0.29, 0.717) is 54.1 Å². The van der Waals surface area contributed by atoms with Gasteiger partial charge in [-0.1, -0.05) is 0 Å². The lowest BCUT2D eigenvalue weighted by atomic mass is 9.82. The Labute approximate surface area is 248 Å². The number of allylic oxidation sites excluding steroid dienone is 1. The number of pyridine rings is 1. The molecular formula is C31H34F2N4O5S. The van der Waals surface area contributed by atoms with Gasteiger partial charge in [0.15, 0.2) is 9.84 Å². The van der Waals surface area contributed by atoms with Crippen LogP contribution in [0.5, 0.6) is 0 Å². The predicted molar refractivity (Wildman–Crippen MR) is 160 cm³/mol. The molecule has 43 heavy (non-hydrogen) atoms. The second-order valence-corrected chi connectivity index (χ2v) is 13.9. The van der Waals surface area contributed by atoms with Crippen molar-refractivity contribution in [3.05, 3.63) is 87.0 Å². The number of carbonyl (C=O) groups is 1. The highest BCUT2D eigenvalue weighted by Gasteiger charge is 2.44. The molecule has 12 heteroatoms. The summed E-state index contributed by atoms with van der Waals surface area (Å²) in [6.07, 6.45) is 8.45. The van der Waals surface area contributed by atoms with Crippen LogP contribution in [0.2, 0.25) is 0 Å². The summed E-state index contributed by atoms with van der Waals surface area (Å²) < 4.78 is 61.0. The number of amides is 1. The van der Waals surface area contributed by atoms with Crippen LogP contribution in [0.15, 0.2) is 58.7 Å². The zero-order chi connectivity index (χ0) is 30.5. The van der Waals surface area contributed by atoms with Gasteiger partial charge >= 0.3 is 0 Å². The van der Waals surface area contributed by atoms with Crippen molar-refractivity contribution in [2.45, 2.75) is 37.8 Å². The molecule has 0 bridgehead atoms. The van der Waals surface area contributed by atoms with Gasteiger partial charge in [-0.05, 0) is 60.2 Å². The third-order valence-corrected chi connectivity index (χ3v) is 9.41. The summed E-state index contributed by atoms with van der Waals surface area (Å²) >= 11 is 0. The number of aryl methyl sites for hydroxylation is 1. The van der Waals surface area contributed by atoms with E-state index in [1.54, 1.807) is 36.5 Å². The number of hydrogen-bond donors (Lipinski definition) is 2. The van der Waals surface area contributed by atoms with Gasteiger partial charge in [-0.25, -0.2) is 17.2 Å². The van der Waals surface area contributed by atoms with Crippen LogP contribution in [0.25, 0.3) is 11.3 Å². The van der Waals surface area contributed by atoms with Crippen LogP contribution >= 0.6 is 0 Å². The SMILES string of the molecule is Cn1ccc2c(c1=O)C1=C3C(=CN(c4ccc(F)cc4F)C3C(CCC(=O)NC3CCOCC3)CN1)C=C2CS(C)(=O)=O. The highest BCUT2D eigenvalue weighted by atomic mass is 32.2. The summed E-state index contributed by atoms with van der Waals surface area (Å²) in [5.41, 5.74) is 3.07. The molecule has 6 rings (SSSR count). The summed E-state index contributed by atoms with van der Waals surface area (Å²) in [6, 6.07) is 4.70. The van der Waals surface area contributed by atoms with Crippen molar-refractivity contribution in [2.24, 2.45) is 13.0 Å². The van der Waals surface area contributed by atoms with Gasteiger partial charge in [-0.15, -0.1) is 0 Å². The number of halogens is 2. The Morgan fingerprint density at radius 1 is 1.19 bits per heavy atom. The quantitative estimate of drug-likeness (QED) is 0.495. The Morgan fingerprint density at radius 3 is 2.67 bits per heavy atom. The first kappa shape index (κ1) is 29.3. The second kappa shape index (κ2) is 11.4. The van der Waals surface area contributed by atoms with E-state index in [0.717, 1.165) is 30.7 Å². The fourth-order valence-electron chi connectivity index (χ4n) is 6.58. The summed E-state index contributed by atoms with van der Waals surface area (Å²) in [6.45, 7) is 1.60. The molecule has 1 aromatic heterocycles. The van der Waals surface area contributed by atoms with Gasteiger partial charge < -0.3 is 24.8 Å². The van der Waals surface area contributed by atoms with E-state index in [9.17, 15) is 22.4 Å². The number of benzene rings is 1. The van der Waals surface area contributed by atoms with Crippen LogP contribution < -0.4 is 21.1 Å². The summed E-state index contributed by atoms with van der Waals surface area (Å²) in [7, 11) is -1.86. The Morgan fingerprint density at radius 2 is 1.95 bits per heavy atom. The predicted octanol–water partition coefficient (Wildman–Crippen LogP) is 2.88. The van der Waals surface area contributed by atoms with Crippen LogP contribution in [0.3, 0.4) is 0 Å². The van der Waals surface area contributed by atoms with E-state index in [1.807, 2.05) is 0 Å². The highest BCUT2D eigenvalue weighted by molar-refractivity contribution is 7.91. The first-order chi connectivity index (χ1) is 20.5. The Balaban J connectivity index is 1.44. The van der Waals surface area contributed by atoms with E-state index in [1.165, 1.54) is 16.7 Å². The lowest BCUT2D eigenvalue weighted by molar-refractivity contribution is -0.122. The van der Waals surface area contributed by atoms with Crippen LogP contribution in [0.1, 0.15) is 36.8 Å². The van der Waals surface area contributed by atoms with Gasteiger partial charge in [0.2, 0.25) is 5.91 Å². The third kappa shape index (κ3) is 5.77.